The minimum atomic E-state index is 0.00519. The Labute approximate surface area is 150 Å². The van der Waals surface area contributed by atoms with Crippen molar-refractivity contribution in [3.05, 3.63) is 35.4 Å². The Kier molecular flexibility index (Phi) is 5.28. The van der Waals surface area contributed by atoms with E-state index in [2.05, 4.69) is 38.6 Å². The van der Waals surface area contributed by atoms with Crippen molar-refractivity contribution in [2.24, 2.45) is 0 Å². The van der Waals surface area contributed by atoms with Gasteiger partial charge in [0, 0.05) is 18.3 Å². The van der Waals surface area contributed by atoms with Gasteiger partial charge in [0.05, 0.1) is 10.6 Å². The third kappa shape index (κ3) is 4.33. The minimum Gasteiger partial charge on any atom is -0.310 e. The van der Waals surface area contributed by atoms with Crippen molar-refractivity contribution in [3.8, 4) is 0 Å². The highest BCUT2D eigenvalue weighted by atomic mass is 32.2. The van der Waals surface area contributed by atoms with Crippen LogP contribution < -0.4 is 10.6 Å². The van der Waals surface area contributed by atoms with Gasteiger partial charge in [0.25, 0.3) is 0 Å². The zero-order valence-corrected chi connectivity index (χ0v) is 14.9. The number of amides is 2. The Bertz CT molecular complexity index is 825. The Morgan fingerprint density at radius 3 is 2.68 bits per heavy atom. The normalized spacial score (nSPS) is 15.1. The first-order valence-corrected chi connectivity index (χ1v) is 9.08. The van der Waals surface area contributed by atoms with Crippen molar-refractivity contribution < 1.29 is 9.59 Å². The minimum absolute atomic E-state index is 0.00519. The van der Waals surface area contributed by atoms with Crippen LogP contribution in [0.15, 0.2) is 23.2 Å². The van der Waals surface area contributed by atoms with Crippen molar-refractivity contribution in [2.45, 2.75) is 38.0 Å². The third-order valence-corrected chi connectivity index (χ3v) is 4.79. The summed E-state index contributed by atoms with van der Waals surface area (Å²) in [6, 6.07) is 4.08. The Balaban J connectivity index is 0.000000146. The SMILES string of the molecule is CCc1ccc2c(n1)NC(=O)CC2.Cc1ncc2c(n1)NC(=O)CS2. The second-order valence-corrected chi connectivity index (χ2v) is 6.70. The number of thioether (sulfide) groups is 1. The van der Waals surface area contributed by atoms with Crippen LogP contribution in [0.2, 0.25) is 0 Å². The molecule has 0 radical (unpaired) electrons. The number of nitrogens with one attached hydrogen (secondary N) is 2. The average Bonchev–Trinajstić information content (AvgIpc) is 2.61. The van der Waals surface area contributed by atoms with E-state index in [1.54, 1.807) is 13.1 Å². The summed E-state index contributed by atoms with van der Waals surface area (Å²) in [5, 5.41) is 5.47. The number of hydrogen-bond acceptors (Lipinski definition) is 6. The number of nitrogens with zero attached hydrogens (tertiary/aromatic N) is 3. The first-order chi connectivity index (χ1) is 12.0. The molecule has 7 nitrogen and oxygen atoms in total. The van der Waals surface area contributed by atoms with Gasteiger partial charge in [-0.3, -0.25) is 9.59 Å². The van der Waals surface area contributed by atoms with Gasteiger partial charge in [0.2, 0.25) is 11.8 Å². The van der Waals surface area contributed by atoms with Crippen LogP contribution >= 0.6 is 11.8 Å². The summed E-state index contributed by atoms with van der Waals surface area (Å²) in [5.74, 6) is 2.62. The second-order valence-electron chi connectivity index (χ2n) is 5.68. The van der Waals surface area contributed by atoms with Crippen LogP contribution in [0.4, 0.5) is 11.6 Å². The molecule has 2 aromatic rings. The summed E-state index contributed by atoms with van der Waals surface area (Å²) >= 11 is 1.47. The maximum absolute atomic E-state index is 11.1. The Morgan fingerprint density at radius 2 is 1.88 bits per heavy atom. The highest BCUT2D eigenvalue weighted by molar-refractivity contribution is 8.00. The van der Waals surface area contributed by atoms with E-state index in [0.717, 1.165) is 34.8 Å². The maximum atomic E-state index is 11.1. The smallest absolute Gasteiger partial charge is 0.235 e. The van der Waals surface area contributed by atoms with Crippen molar-refractivity contribution in [1.29, 1.82) is 0 Å². The van der Waals surface area contributed by atoms with Gasteiger partial charge in [-0.1, -0.05) is 13.0 Å². The molecule has 0 aliphatic carbocycles. The lowest BCUT2D eigenvalue weighted by Crippen LogP contribution is -2.20. The van der Waals surface area contributed by atoms with E-state index in [0.29, 0.717) is 23.8 Å². The lowest BCUT2D eigenvalue weighted by molar-refractivity contribution is -0.116. The van der Waals surface area contributed by atoms with E-state index in [1.165, 1.54) is 11.8 Å². The van der Waals surface area contributed by atoms with E-state index in [-0.39, 0.29) is 11.8 Å². The molecule has 130 valence electrons. The van der Waals surface area contributed by atoms with Crippen molar-refractivity contribution >= 4 is 35.2 Å². The van der Waals surface area contributed by atoms with Crippen molar-refractivity contribution in [2.75, 3.05) is 16.4 Å². The van der Waals surface area contributed by atoms with Gasteiger partial charge in [-0.15, -0.1) is 11.8 Å². The molecule has 25 heavy (non-hydrogen) atoms. The van der Waals surface area contributed by atoms with Crippen LogP contribution in [-0.2, 0) is 22.4 Å². The predicted octanol–water partition coefficient (Wildman–Crippen LogP) is 2.36. The highest BCUT2D eigenvalue weighted by Gasteiger charge is 2.16. The van der Waals surface area contributed by atoms with Crippen molar-refractivity contribution in [3.63, 3.8) is 0 Å². The summed E-state index contributed by atoms with van der Waals surface area (Å²) in [6.07, 6.45) is 4.04. The maximum Gasteiger partial charge on any atom is 0.235 e. The Hall–Kier alpha value is -2.48. The fourth-order valence-electron chi connectivity index (χ4n) is 2.44. The van der Waals surface area contributed by atoms with Gasteiger partial charge in [-0.2, -0.15) is 0 Å². The van der Waals surface area contributed by atoms with Gasteiger partial charge in [-0.05, 0) is 31.4 Å². The number of carbonyl (C=O) groups is 2. The summed E-state index contributed by atoms with van der Waals surface area (Å²) in [4.78, 5) is 35.4. The largest absolute Gasteiger partial charge is 0.310 e. The zero-order chi connectivity index (χ0) is 17.8. The number of rotatable bonds is 1. The summed E-state index contributed by atoms with van der Waals surface area (Å²) in [7, 11) is 0. The summed E-state index contributed by atoms with van der Waals surface area (Å²) in [6.45, 7) is 3.85. The molecule has 0 atom stereocenters. The molecule has 8 heteroatoms. The number of aryl methyl sites for hydroxylation is 3. The van der Waals surface area contributed by atoms with Crippen LogP contribution in [0.3, 0.4) is 0 Å². The number of aromatic nitrogens is 3. The molecular weight excluding hydrogens is 338 g/mol. The molecule has 2 aromatic heterocycles. The lowest BCUT2D eigenvalue weighted by Gasteiger charge is -2.15. The van der Waals surface area contributed by atoms with Crippen LogP contribution in [0.5, 0.6) is 0 Å². The predicted molar refractivity (Wildman–Crippen MR) is 96.7 cm³/mol. The molecule has 4 rings (SSSR count). The van der Waals surface area contributed by atoms with Gasteiger partial charge in [0.15, 0.2) is 0 Å². The quantitative estimate of drug-likeness (QED) is 0.813. The molecule has 2 aliphatic heterocycles. The molecule has 2 N–H and O–H groups in total. The van der Waals surface area contributed by atoms with Crippen molar-refractivity contribution in [1.82, 2.24) is 15.0 Å². The van der Waals surface area contributed by atoms with Crippen LogP contribution in [-0.4, -0.2) is 32.5 Å². The van der Waals surface area contributed by atoms with E-state index in [4.69, 9.17) is 0 Å². The summed E-state index contributed by atoms with van der Waals surface area (Å²) in [5.41, 5.74) is 2.18. The lowest BCUT2D eigenvalue weighted by atomic mass is 10.1. The fourth-order valence-corrected chi connectivity index (χ4v) is 3.16. The van der Waals surface area contributed by atoms with Crippen LogP contribution in [0.25, 0.3) is 0 Å². The molecule has 4 heterocycles. The first-order valence-electron chi connectivity index (χ1n) is 8.10. The van der Waals surface area contributed by atoms with E-state index >= 15 is 0 Å². The third-order valence-electron chi connectivity index (χ3n) is 3.77. The number of hydrogen-bond donors (Lipinski definition) is 2. The number of carbonyl (C=O) groups excluding carboxylic acids is 2. The molecule has 0 saturated heterocycles. The van der Waals surface area contributed by atoms with Crippen LogP contribution in [0.1, 0.15) is 30.4 Å². The highest BCUT2D eigenvalue weighted by Crippen LogP contribution is 2.28. The zero-order valence-electron chi connectivity index (χ0n) is 14.1. The molecule has 0 saturated carbocycles. The van der Waals surface area contributed by atoms with Gasteiger partial charge in [0.1, 0.15) is 17.5 Å². The molecular formula is C17H19N5O2S. The van der Waals surface area contributed by atoms with E-state index in [1.807, 2.05) is 6.07 Å². The fraction of sp³-hybridized carbons (Fsp3) is 0.353. The number of fused-ring (bicyclic) bond motifs is 2. The molecule has 0 aromatic carbocycles. The average molecular weight is 357 g/mol. The molecule has 2 amide bonds. The van der Waals surface area contributed by atoms with E-state index < -0.39 is 0 Å². The standard InChI is InChI=1S/C10H12N2O.C7H7N3OS/c1-2-8-5-3-7-4-6-9(13)12-10(7)11-8;1-4-8-2-5-7(9-4)10-6(11)3-12-5/h3,5H,2,4,6H2,1H3,(H,11,12,13);2H,3H2,1H3,(H,8,9,10,11). The molecule has 0 bridgehead atoms. The van der Waals surface area contributed by atoms with Gasteiger partial charge in [-0.25, -0.2) is 15.0 Å². The Morgan fingerprint density at radius 1 is 1.08 bits per heavy atom. The van der Waals surface area contributed by atoms with Crippen LogP contribution in [0, 0.1) is 6.92 Å². The van der Waals surface area contributed by atoms with Gasteiger partial charge < -0.3 is 10.6 Å². The topological polar surface area (TPSA) is 96.9 Å². The number of anilines is 2. The second kappa shape index (κ2) is 7.60. The first kappa shape index (κ1) is 17.3. The molecule has 0 fully saturated rings. The van der Waals surface area contributed by atoms with Gasteiger partial charge >= 0.3 is 0 Å². The molecule has 0 unspecified atom stereocenters. The molecule has 2 aliphatic rings. The van der Waals surface area contributed by atoms with E-state index in [9.17, 15) is 9.59 Å². The summed E-state index contributed by atoms with van der Waals surface area (Å²) < 4.78 is 0. The molecule has 0 spiro atoms. The monoisotopic (exact) mass is 357 g/mol. The number of pyridine rings is 1.